The molecule has 0 spiro atoms. The highest BCUT2D eigenvalue weighted by molar-refractivity contribution is 5.81. The number of likely N-dealkylation sites (tertiary alicyclic amines) is 1. The van der Waals surface area contributed by atoms with Crippen molar-refractivity contribution in [2.45, 2.75) is 52.2 Å². The molecule has 1 unspecified atom stereocenters. The van der Waals surface area contributed by atoms with Crippen LogP contribution >= 0.6 is 0 Å². The van der Waals surface area contributed by atoms with Crippen molar-refractivity contribution >= 4 is 5.91 Å². The average Bonchev–Trinajstić information content (AvgIpc) is 3.10. The van der Waals surface area contributed by atoms with Crippen LogP contribution in [0.25, 0.3) is 0 Å². The molecule has 0 saturated carbocycles. The van der Waals surface area contributed by atoms with Crippen molar-refractivity contribution in [1.82, 2.24) is 14.5 Å². The van der Waals surface area contributed by atoms with Crippen molar-refractivity contribution in [3.05, 3.63) is 27.9 Å². The Hall–Kier alpha value is -1.69. The third kappa shape index (κ3) is 3.47. The first-order valence-corrected chi connectivity index (χ1v) is 8.49. The quantitative estimate of drug-likeness (QED) is 0.842. The molecule has 2 fully saturated rings. The molecule has 6 nitrogen and oxygen atoms in total. The molecule has 0 aromatic carbocycles. The van der Waals surface area contributed by atoms with Crippen LogP contribution in [0.4, 0.5) is 0 Å². The molecule has 2 aliphatic rings. The number of hydrogen-bond acceptors (Lipinski definition) is 4. The Morgan fingerprint density at radius 1 is 1.30 bits per heavy atom. The zero-order valence-electron chi connectivity index (χ0n) is 14.0. The number of ether oxygens (including phenoxy) is 1. The molecule has 126 valence electrons. The number of hydrogen-bond donors (Lipinski definition) is 0. The summed E-state index contributed by atoms with van der Waals surface area (Å²) in [7, 11) is 0. The Morgan fingerprint density at radius 2 is 2.04 bits per heavy atom. The van der Waals surface area contributed by atoms with Crippen LogP contribution in [0.15, 0.2) is 11.1 Å². The van der Waals surface area contributed by atoms with E-state index in [9.17, 15) is 9.59 Å². The Balaban J connectivity index is 1.56. The molecule has 2 saturated heterocycles. The van der Waals surface area contributed by atoms with E-state index in [1.165, 1.54) is 0 Å². The van der Waals surface area contributed by atoms with Crippen LogP contribution in [0.2, 0.25) is 0 Å². The third-order valence-electron chi connectivity index (χ3n) is 5.10. The molecule has 0 aliphatic carbocycles. The molecule has 0 radical (unpaired) electrons. The summed E-state index contributed by atoms with van der Waals surface area (Å²) >= 11 is 0. The van der Waals surface area contributed by atoms with Crippen molar-refractivity contribution in [2.24, 2.45) is 5.92 Å². The topological polar surface area (TPSA) is 64.4 Å². The Kier molecular flexibility index (Phi) is 4.80. The van der Waals surface area contributed by atoms with Gasteiger partial charge in [0, 0.05) is 37.5 Å². The molecule has 2 aliphatic heterocycles. The Labute approximate surface area is 136 Å². The van der Waals surface area contributed by atoms with Crippen molar-refractivity contribution in [3.63, 3.8) is 0 Å². The zero-order valence-corrected chi connectivity index (χ0v) is 14.0. The van der Waals surface area contributed by atoms with Crippen molar-refractivity contribution in [2.75, 3.05) is 19.7 Å². The number of carbonyl (C=O) groups is 1. The molecule has 0 N–H and O–H groups in total. The number of aryl methyl sites for hydroxylation is 1. The molecule has 3 heterocycles. The SMILES string of the molecule is Cc1ncn(CC2CCN(C(=O)C3CCCO3)CC2)c(=O)c1C. The molecule has 1 aromatic heterocycles. The first-order valence-electron chi connectivity index (χ1n) is 8.49. The second-order valence-electron chi connectivity index (χ2n) is 6.68. The van der Waals surface area contributed by atoms with Gasteiger partial charge in [0.2, 0.25) is 0 Å². The van der Waals surface area contributed by atoms with Crippen LogP contribution in [0.5, 0.6) is 0 Å². The smallest absolute Gasteiger partial charge is 0.256 e. The average molecular weight is 319 g/mol. The van der Waals surface area contributed by atoms with Crippen LogP contribution < -0.4 is 5.56 Å². The zero-order chi connectivity index (χ0) is 16.4. The summed E-state index contributed by atoms with van der Waals surface area (Å²) < 4.78 is 7.20. The summed E-state index contributed by atoms with van der Waals surface area (Å²) in [5.74, 6) is 0.566. The van der Waals surface area contributed by atoms with Gasteiger partial charge < -0.3 is 9.64 Å². The lowest BCUT2D eigenvalue weighted by Gasteiger charge is -2.33. The largest absolute Gasteiger partial charge is 0.368 e. The number of aromatic nitrogens is 2. The number of nitrogens with zero attached hydrogens (tertiary/aromatic N) is 3. The molecule has 1 aromatic rings. The summed E-state index contributed by atoms with van der Waals surface area (Å²) in [4.78, 5) is 30.8. The highest BCUT2D eigenvalue weighted by Gasteiger charge is 2.30. The van der Waals surface area contributed by atoms with Crippen molar-refractivity contribution < 1.29 is 9.53 Å². The van der Waals surface area contributed by atoms with Gasteiger partial charge in [0.15, 0.2) is 0 Å². The first kappa shape index (κ1) is 16.2. The molecule has 6 heteroatoms. The van der Waals surface area contributed by atoms with E-state index in [1.54, 1.807) is 10.9 Å². The number of amides is 1. The van der Waals surface area contributed by atoms with Gasteiger partial charge >= 0.3 is 0 Å². The van der Waals surface area contributed by atoms with E-state index in [1.807, 2.05) is 18.7 Å². The second kappa shape index (κ2) is 6.83. The lowest BCUT2D eigenvalue weighted by molar-refractivity contribution is -0.142. The molecule has 1 amide bonds. The van der Waals surface area contributed by atoms with E-state index in [-0.39, 0.29) is 17.6 Å². The standard InChI is InChI=1S/C17H25N3O3/c1-12-13(2)18-11-20(16(12)21)10-14-5-7-19(8-6-14)17(22)15-4-3-9-23-15/h11,14-15H,3-10H2,1-2H3. The van der Waals surface area contributed by atoms with Gasteiger partial charge in [-0.3, -0.25) is 14.2 Å². The van der Waals surface area contributed by atoms with Crippen LogP contribution in [0.3, 0.4) is 0 Å². The van der Waals surface area contributed by atoms with Gasteiger partial charge in [-0.25, -0.2) is 4.98 Å². The molecular weight excluding hydrogens is 294 g/mol. The maximum Gasteiger partial charge on any atom is 0.256 e. The van der Waals surface area contributed by atoms with Gasteiger partial charge in [-0.2, -0.15) is 0 Å². The van der Waals surface area contributed by atoms with Crippen LogP contribution in [-0.4, -0.2) is 46.2 Å². The fourth-order valence-corrected chi connectivity index (χ4v) is 3.40. The van der Waals surface area contributed by atoms with E-state index < -0.39 is 0 Å². The summed E-state index contributed by atoms with van der Waals surface area (Å²) in [5, 5.41) is 0. The maximum atomic E-state index is 12.3. The second-order valence-corrected chi connectivity index (χ2v) is 6.68. The van der Waals surface area contributed by atoms with Gasteiger partial charge in [0.25, 0.3) is 11.5 Å². The van der Waals surface area contributed by atoms with Gasteiger partial charge in [0.1, 0.15) is 6.10 Å². The summed E-state index contributed by atoms with van der Waals surface area (Å²) in [6.45, 7) is 6.59. The number of carbonyl (C=O) groups excluding carboxylic acids is 1. The van der Waals surface area contributed by atoms with Crippen LogP contribution in [0, 0.1) is 19.8 Å². The molecule has 3 rings (SSSR count). The number of rotatable bonds is 3. The van der Waals surface area contributed by atoms with E-state index >= 15 is 0 Å². The lowest BCUT2D eigenvalue weighted by Crippen LogP contribution is -2.44. The van der Waals surface area contributed by atoms with Crippen LogP contribution in [0.1, 0.15) is 36.9 Å². The predicted octanol–water partition coefficient (Wildman–Crippen LogP) is 1.28. The molecular formula is C17H25N3O3. The van der Waals surface area contributed by atoms with Gasteiger partial charge in [-0.15, -0.1) is 0 Å². The highest BCUT2D eigenvalue weighted by atomic mass is 16.5. The fourth-order valence-electron chi connectivity index (χ4n) is 3.40. The third-order valence-corrected chi connectivity index (χ3v) is 5.10. The Morgan fingerprint density at radius 3 is 2.70 bits per heavy atom. The minimum Gasteiger partial charge on any atom is -0.368 e. The molecule has 0 bridgehead atoms. The van der Waals surface area contributed by atoms with Crippen molar-refractivity contribution in [1.29, 1.82) is 0 Å². The highest BCUT2D eigenvalue weighted by Crippen LogP contribution is 2.22. The molecule has 23 heavy (non-hydrogen) atoms. The minimum absolute atomic E-state index is 0.0513. The molecule has 1 atom stereocenters. The summed E-state index contributed by atoms with van der Waals surface area (Å²) in [5.41, 5.74) is 1.57. The summed E-state index contributed by atoms with van der Waals surface area (Å²) in [6.07, 6.45) is 5.11. The van der Waals surface area contributed by atoms with E-state index in [4.69, 9.17) is 4.74 Å². The van der Waals surface area contributed by atoms with Gasteiger partial charge in [0.05, 0.1) is 6.33 Å². The van der Waals surface area contributed by atoms with E-state index in [0.717, 1.165) is 50.0 Å². The predicted molar refractivity (Wildman–Crippen MR) is 86.2 cm³/mol. The van der Waals surface area contributed by atoms with E-state index in [2.05, 4.69) is 4.98 Å². The Bertz CT molecular complexity index is 626. The van der Waals surface area contributed by atoms with E-state index in [0.29, 0.717) is 19.1 Å². The summed E-state index contributed by atoms with van der Waals surface area (Å²) in [6, 6.07) is 0. The monoisotopic (exact) mass is 319 g/mol. The van der Waals surface area contributed by atoms with Crippen molar-refractivity contribution in [3.8, 4) is 0 Å². The minimum atomic E-state index is -0.224. The first-order chi connectivity index (χ1) is 11.1. The lowest BCUT2D eigenvalue weighted by atomic mass is 9.96. The normalized spacial score (nSPS) is 22.5. The number of piperidine rings is 1. The van der Waals surface area contributed by atoms with Crippen LogP contribution in [-0.2, 0) is 16.1 Å². The van der Waals surface area contributed by atoms with Gasteiger partial charge in [-0.1, -0.05) is 0 Å². The fraction of sp³-hybridized carbons (Fsp3) is 0.706. The maximum absolute atomic E-state index is 12.3. The van der Waals surface area contributed by atoms with Gasteiger partial charge in [-0.05, 0) is 45.4 Å².